The Bertz CT molecular complexity index is 667. The van der Waals surface area contributed by atoms with Crippen molar-refractivity contribution in [2.75, 3.05) is 18.4 Å². The lowest BCUT2D eigenvalue weighted by Crippen LogP contribution is -2.41. The molecule has 128 valence electrons. The van der Waals surface area contributed by atoms with Gasteiger partial charge in [-0.15, -0.1) is 0 Å². The Hall–Kier alpha value is -2.51. The van der Waals surface area contributed by atoms with Crippen LogP contribution in [0.3, 0.4) is 0 Å². The summed E-state index contributed by atoms with van der Waals surface area (Å²) in [4.78, 5) is 26.8. The lowest BCUT2D eigenvalue weighted by molar-refractivity contribution is 0.180. The first-order valence-electron chi connectivity index (χ1n) is 8.16. The van der Waals surface area contributed by atoms with E-state index in [4.69, 9.17) is 0 Å². The highest BCUT2D eigenvalue weighted by Gasteiger charge is 2.24. The number of likely N-dealkylation sites (tertiary alicyclic amines) is 1. The van der Waals surface area contributed by atoms with E-state index in [1.807, 2.05) is 9.58 Å². The number of piperidine rings is 1. The number of rotatable bonds is 2. The number of carbonyl (C=O) groups is 1. The highest BCUT2D eigenvalue weighted by Crippen LogP contribution is 2.22. The van der Waals surface area contributed by atoms with Crippen molar-refractivity contribution in [2.45, 2.75) is 45.1 Å². The summed E-state index contributed by atoms with van der Waals surface area (Å²) in [5.41, 5.74) is 0.512. The van der Waals surface area contributed by atoms with Gasteiger partial charge >= 0.3 is 6.03 Å². The Morgan fingerprint density at radius 2 is 1.88 bits per heavy atom. The van der Waals surface area contributed by atoms with Gasteiger partial charge in [0.05, 0.1) is 24.1 Å². The number of urea groups is 1. The lowest BCUT2D eigenvalue weighted by atomic mass is 9.96. The third kappa shape index (κ3) is 3.69. The molecule has 24 heavy (non-hydrogen) atoms. The van der Waals surface area contributed by atoms with Crippen LogP contribution in [0.1, 0.15) is 45.5 Å². The summed E-state index contributed by atoms with van der Waals surface area (Å²) in [6.07, 6.45) is 8.34. The van der Waals surface area contributed by atoms with Crippen molar-refractivity contribution in [3.8, 4) is 0 Å². The van der Waals surface area contributed by atoms with Crippen LogP contribution in [-0.2, 0) is 5.41 Å². The quantitative estimate of drug-likeness (QED) is 0.912. The SMILES string of the molecule is CC(C)(C)c1ncc(NC(=O)N2CCC(n3cncn3)CC2)cn1. The average Bonchev–Trinajstić information content (AvgIpc) is 3.09. The van der Waals surface area contributed by atoms with Crippen LogP contribution >= 0.6 is 0 Å². The fraction of sp³-hybridized carbons (Fsp3) is 0.562. The summed E-state index contributed by atoms with van der Waals surface area (Å²) in [5.74, 6) is 0.758. The van der Waals surface area contributed by atoms with E-state index in [9.17, 15) is 4.79 Å². The van der Waals surface area contributed by atoms with Crippen molar-refractivity contribution in [3.63, 3.8) is 0 Å². The molecule has 0 aromatic carbocycles. The number of nitrogens with zero attached hydrogens (tertiary/aromatic N) is 6. The zero-order chi connectivity index (χ0) is 17.2. The molecule has 2 aromatic heterocycles. The van der Waals surface area contributed by atoms with Crippen LogP contribution in [0.4, 0.5) is 10.5 Å². The van der Waals surface area contributed by atoms with E-state index in [2.05, 4.69) is 46.1 Å². The normalized spacial score (nSPS) is 16.2. The minimum absolute atomic E-state index is 0.105. The Labute approximate surface area is 141 Å². The molecule has 3 rings (SSSR count). The van der Waals surface area contributed by atoms with Gasteiger partial charge in [-0.2, -0.15) is 5.10 Å². The largest absolute Gasteiger partial charge is 0.324 e. The number of amides is 2. The fourth-order valence-corrected chi connectivity index (χ4v) is 2.72. The molecule has 2 amide bonds. The van der Waals surface area contributed by atoms with Crippen molar-refractivity contribution >= 4 is 11.7 Å². The van der Waals surface area contributed by atoms with Gasteiger partial charge in [0.25, 0.3) is 0 Å². The van der Waals surface area contributed by atoms with Gasteiger partial charge in [0, 0.05) is 18.5 Å². The van der Waals surface area contributed by atoms with E-state index in [1.54, 1.807) is 25.0 Å². The second-order valence-electron chi connectivity index (χ2n) is 7.07. The van der Waals surface area contributed by atoms with Gasteiger partial charge in [-0.1, -0.05) is 20.8 Å². The summed E-state index contributed by atoms with van der Waals surface area (Å²) in [6.45, 7) is 7.55. The standard InChI is InChI=1S/C16H23N7O/c1-16(2,3)14-18-8-12(9-19-14)21-15(24)22-6-4-13(5-7-22)23-11-17-10-20-23/h8-11,13H,4-7H2,1-3H3,(H,21,24). The fourth-order valence-electron chi connectivity index (χ4n) is 2.72. The predicted octanol–water partition coefficient (Wildman–Crippen LogP) is 2.23. The summed E-state index contributed by atoms with van der Waals surface area (Å²) in [5, 5.41) is 7.04. The van der Waals surface area contributed by atoms with Crippen LogP contribution in [0.25, 0.3) is 0 Å². The average molecular weight is 329 g/mol. The minimum Gasteiger partial charge on any atom is -0.324 e. The zero-order valence-corrected chi connectivity index (χ0v) is 14.3. The van der Waals surface area contributed by atoms with Crippen molar-refractivity contribution in [2.24, 2.45) is 0 Å². The maximum atomic E-state index is 12.4. The van der Waals surface area contributed by atoms with E-state index >= 15 is 0 Å². The summed E-state index contributed by atoms with van der Waals surface area (Å²) in [7, 11) is 0. The van der Waals surface area contributed by atoms with Crippen LogP contribution in [0.5, 0.6) is 0 Å². The molecule has 0 spiro atoms. The van der Waals surface area contributed by atoms with E-state index in [-0.39, 0.29) is 11.4 Å². The number of aromatic nitrogens is 5. The van der Waals surface area contributed by atoms with Gasteiger partial charge in [0.15, 0.2) is 0 Å². The molecule has 1 aliphatic rings. The van der Waals surface area contributed by atoms with E-state index in [0.29, 0.717) is 24.8 Å². The highest BCUT2D eigenvalue weighted by molar-refractivity contribution is 5.89. The first-order valence-corrected chi connectivity index (χ1v) is 8.16. The number of hydrogen-bond acceptors (Lipinski definition) is 5. The Morgan fingerprint density at radius 3 is 2.42 bits per heavy atom. The van der Waals surface area contributed by atoms with Crippen LogP contribution in [0.15, 0.2) is 25.0 Å². The molecular formula is C16H23N7O. The molecule has 1 N–H and O–H groups in total. The Balaban J connectivity index is 1.54. The van der Waals surface area contributed by atoms with Gasteiger partial charge in [-0.25, -0.2) is 24.4 Å². The number of anilines is 1. The van der Waals surface area contributed by atoms with Crippen LogP contribution in [0, 0.1) is 0 Å². The molecule has 3 heterocycles. The molecule has 8 heteroatoms. The zero-order valence-electron chi connectivity index (χ0n) is 14.3. The minimum atomic E-state index is -0.112. The first kappa shape index (κ1) is 16.4. The molecule has 1 saturated heterocycles. The van der Waals surface area contributed by atoms with Gasteiger partial charge in [-0.3, -0.25) is 0 Å². The van der Waals surface area contributed by atoms with Crippen LogP contribution < -0.4 is 5.32 Å². The number of hydrogen-bond donors (Lipinski definition) is 1. The van der Waals surface area contributed by atoms with Gasteiger partial charge < -0.3 is 10.2 Å². The summed E-state index contributed by atoms with van der Waals surface area (Å²) < 4.78 is 1.87. The van der Waals surface area contributed by atoms with Gasteiger partial charge in [0.2, 0.25) is 0 Å². The molecule has 2 aromatic rings. The number of carbonyl (C=O) groups excluding carboxylic acids is 1. The van der Waals surface area contributed by atoms with Crippen LogP contribution in [0.2, 0.25) is 0 Å². The van der Waals surface area contributed by atoms with E-state index in [0.717, 1.165) is 18.7 Å². The van der Waals surface area contributed by atoms with Crippen molar-refractivity contribution in [1.29, 1.82) is 0 Å². The molecule has 0 radical (unpaired) electrons. The monoisotopic (exact) mass is 329 g/mol. The predicted molar refractivity (Wildman–Crippen MR) is 89.6 cm³/mol. The summed E-state index contributed by atoms with van der Waals surface area (Å²) in [6, 6.07) is 0.199. The molecule has 0 aliphatic carbocycles. The number of nitrogens with one attached hydrogen (secondary N) is 1. The molecule has 0 saturated carbocycles. The van der Waals surface area contributed by atoms with Gasteiger partial charge in [-0.05, 0) is 12.8 Å². The van der Waals surface area contributed by atoms with Gasteiger partial charge in [0.1, 0.15) is 18.5 Å². The molecule has 8 nitrogen and oxygen atoms in total. The Kier molecular flexibility index (Phi) is 4.46. The lowest BCUT2D eigenvalue weighted by Gasteiger charge is -2.31. The van der Waals surface area contributed by atoms with E-state index < -0.39 is 0 Å². The van der Waals surface area contributed by atoms with Crippen LogP contribution in [-0.4, -0.2) is 48.8 Å². The van der Waals surface area contributed by atoms with Crippen molar-refractivity contribution < 1.29 is 4.79 Å². The second kappa shape index (κ2) is 6.54. The molecule has 1 fully saturated rings. The molecule has 0 atom stereocenters. The highest BCUT2D eigenvalue weighted by atomic mass is 16.2. The first-order chi connectivity index (χ1) is 11.4. The third-order valence-electron chi connectivity index (χ3n) is 4.14. The van der Waals surface area contributed by atoms with Crippen molar-refractivity contribution in [3.05, 3.63) is 30.9 Å². The Morgan fingerprint density at radius 1 is 1.21 bits per heavy atom. The van der Waals surface area contributed by atoms with E-state index in [1.165, 1.54) is 0 Å². The summed E-state index contributed by atoms with van der Waals surface area (Å²) >= 11 is 0. The maximum absolute atomic E-state index is 12.4. The third-order valence-corrected chi connectivity index (χ3v) is 4.14. The molecule has 0 unspecified atom stereocenters. The topological polar surface area (TPSA) is 88.8 Å². The molecular weight excluding hydrogens is 306 g/mol. The molecule has 1 aliphatic heterocycles. The second-order valence-corrected chi connectivity index (χ2v) is 7.07. The smallest absolute Gasteiger partial charge is 0.321 e. The van der Waals surface area contributed by atoms with Crippen molar-refractivity contribution in [1.82, 2.24) is 29.6 Å². The maximum Gasteiger partial charge on any atom is 0.321 e. The molecule has 0 bridgehead atoms.